The van der Waals surface area contributed by atoms with E-state index in [1.165, 1.54) is 6.08 Å². The molecular weight excluding hydrogens is 305 g/mol. The first-order chi connectivity index (χ1) is 10.9. The van der Waals surface area contributed by atoms with Crippen LogP contribution in [-0.2, 0) is 18.8 Å². The van der Waals surface area contributed by atoms with Gasteiger partial charge in [0.05, 0.1) is 11.2 Å². The molecule has 0 spiro atoms. The molecule has 0 bridgehead atoms. The molecule has 130 valence electrons. The zero-order valence-electron chi connectivity index (χ0n) is 15.5. The molecule has 0 aromatic carbocycles. The van der Waals surface area contributed by atoms with Crippen LogP contribution in [0.25, 0.3) is 6.08 Å². The molecule has 0 N–H and O–H groups in total. The highest BCUT2D eigenvalue weighted by Crippen LogP contribution is 2.36. The number of carbonyl (C=O) groups is 1. The molecule has 0 atom stereocenters. The summed E-state index contributed by atoms with van der Waals surface area (Å²) in [6.07, 6.45) is 6.45. The van der Waals surface area contributed by atoms with Gasteiger partial charge in [-0.15, -0.1) is 0 Å². The lowest BCUT2D eigenvalue weighted by Gasteiger charge is -2.32. The van der Waals surface area contributed by atoms with Gasteiger partial charge in [0.15, 0.2) is 0 Å². The van der Waals surface area contributed by atoms with E-state index >= 15 is 0 Å². The number of ether oxygens (including phenoxy) is 1. The van der Waals surface area contributed by atoms with E-state index in [9.17, 15) is 4.79 Å². The Morgan fingerprint density at radius 2 is 1.79 bits per heavy atom. The SMILES string of the molecule is CC(C)(C)OC(=O)C=Cc1cnccc1B1OC(C)(C)C(C)(C)O1. The Labute approximate surface area is 144 Å². The third kappa shape index (κ3) is 4.25. The van der Waals surface area contributed by atoms with Crippen molar-refractivity contribution in [3.8, 4) is 0 Å². The summed E-state index contributed by atoms with van der Waals surface area (Å²) >= 11 is 0. The lowest BCUT2D eigenvalue weighted by molar-refractivity contribution is -0.148. The number of hydrogen-bond donors (Lipinski definition) is 0. The summed E-state index contributed by atoms with van der Waals surface area (Å²) in [5.74, 6) is -0.397. The highest BCUT2D eigenvalue weighted by atomic mass is 16.7. The van der Waals surface area contributed by atoms with Crippen LogP contribution in [0.4, 0.5) is 0 Å². The maximum Gasteiger partial charge on any atom is 0.495 e. The van der Waals surface area contributed by atoms with E-state index in [1.807, 2.05) is 54.5 Å². The van der Waals surface area contributed by atoms with Crippen LogP contribution in [0.2, 0.25) is 0 Å². The summed E-state index contributed by atoms with van der Waals surface area (Å²) < 4.78 is 17.4. The van der Waals surface area contributed by atoms with E-state index in [0.29, 0.717) is 0 Å². The largest absolute Gasteiger partial charge is 0.495 e. The Hall–Kier alpha value is -1.66. The zero-order valence-corrected chi connectivity index (χ0v) is 15.5. The van der Waals surface area contributed by atoms with Gasteiger partial charge < -0.3 is 14.0 Å². The van der Waals surface area contributed by atoms with Crippen LogP contribution < -0.4 is 5.46 Å². The second kappa shape index (κ2) is 6.33. The lowest BCUT2D eigenvalue weighted by atomic mass is 9.76. The smallest absolute Gasteiger partial charge is 0.457 e. The van der Waals surface area contributed by atoms with Gasteiger partial charge in [-0.3, -0.25) is 4.98 Å². The first-order valence-electron chi connectivity index (χ1n) is 8.12. The number of nitrogens with zero attached hydrogens (tertiary/aromatic N) is 1. The van der Waals surface area contributed by atoms with Crippen LogP contribution in [0.15, 0.2) is 24.5 Å². The third-order valence-corrected chi connectivity index (χ3v) is 4.20. The molecule has 2 heterocycles. The van der Waals surface area contributed by atoms with Crippen LogP contribution in [-0.4, -0.2) is 34.9 Å². The van der Waals surface area contributed by atoms with E-state index in [1.54, 1.807) is 18.5 Å². The number of carbonyl (C=O) groups excluding carboxylic acids is 1. The Balaban J connectivity index is 2.22. The molecule has 0 unspecified atom stereocenters. The average Bonchev–Trinajstić information content (AvgIpc) is 2.63. The minimum atomic E-state index is -0.523. The second-order valence-electron chi connectivity index (χ2n) is 7.96. The quantitative estimate of drug-likeness (QED) is 0.484. The molecular formula is C18H26BNO4. The number of aromatic nitrogens is 1. The Morgan fingerprint density at radius 3 is 2.33 bits per heavy atom. The summed E-state index contributed by atoms with van der Waals surface area (Å²) in [6, 6.07) is 1.84. The average molecular weight is 331 g/mol. The maximum absolute atomic E-state index is 11.9. The molecule has 0 amide bonds. The molecule has 0 aliphatic carbocycles. The van der Waals surface area contributed by atoms with Gasteiger partial charge in [0, 0.05) is 18.5 Å². The van der Waals surface area contributed by atoms with Gasteiger partial charge >= 0.3 is 13.1 Å². The predicted octanol–water partition coefficient (Wildman–Crippen LogP) is 2.74. The van der Waals surface area contributed by atoms with Crippen molar-refractivity contribution in [1.29, 1.82) is 0 Å². The minimum absolute atomic E-state index is 0.397. The molecule has 2 rings (SSSR count). The number of rotatable bonds is 3. The van der Waals surface area contributed by atoms with Gasteiger partial charge in [-0.1, -0.05) is 0 Å². The van der Waals surface area contributed by atoms with Crippen molar-refractivity contribution >= 4 is 24.6 Å². The van der Waals surface area contributed by atoms with E-state index < -0.39 is 29.9 Å². The Kier molecular flexibility index (Phi) is 4.93. The highest BCUT2D eigenvalue weighted by Gasteiger charge is 2.52. The van der Waals surface area contributed by atoms with Gasteiger partial charge in [0.25, 0.3) is 0 Å². The predicted molar refractivity (Wildman–Crippen MR) is 94.8 cm³/mol. The van der Waals surface area contributed by atoms with Crippen LogP contribution in [0.5, 0.6) is 0 Å². The van der Waals surface area contributed by atoms with Gasteiger partial charge in [-0.2, -0.15) is 0 Å². The fourth-order valence-electron chi connectivity index (χ4n) is 2.23. The van der Waals surface area contributed by atoms with Gasteiger partial charge in [0.1, 0.15) is 5.60 Å². The van der Waals surface area contributed by atoms with E-state index in [-0.39, 0.29) is 0 Å². The van der Waals surface area contributed by atoms with Crippen molar-refractivity contribution in [2.24, 2.45) is 0 Å². The number of esters is 1. The second-order valence-corrected chi connectivity index (χ2v) is 7.96. The summed E-state index contributed by atoms with van der Waals surface area (Å²) in [6.45, 7) is 13.5. The molecule has 1 fully saturated rings. The van der Waals surface area contributed by atoms with E-state index in [2.05, 4.69) is 4.98 Å². The van der Waals surface area contributed by atoms with Crippen LogP contribution in [0, 0.1) is 0 Å². The molecule has 5 nitrogen and oxygen atoms in total. The molecule has 24 heavy (non-hydrogen) atoms. The summed E-state index contributed by atoms with van der Waals surface area (Å²) in [4.78, 5) is 16.0. The fourth-order valence-corrected chi connectivity index (χ4v) is 2.23. The summed E-state index contributed by atoms with van der Waals surface area (Å²) in [5.41, 5.74) is 0.232. The normalized spacial score (nSPS) is 19.7. The molecule has 1 aliphatic rings. The third-order valence-electron chi connectivity index (χ3n) is 4.20. The van der Waals surface area contributed by atoms with Crippen molar-refractivity contribution in [3.05, 3.63) is 30.1 Å². The van der Waals surface area contributed by atoms with Crippen LogP contribution in [0.1, 0.15) is 54.0 Å². The molecule has 1 saturated heterocycles. The monoisotopic (exact) mass is 331 g/mol. The summed E-state index contributed by atoms with van der Waals surface area (Å²) in [5, 5.41) is 0. The molecule has 0 radical (unpaired) electrons. The standard InChI is InChI=1S/C18H26BNO4/c1-16(2,3)22-15(21)9-8-13-12-20-11-10-14(13)19-23-17(4,5)18(6,7)24-19/h8-12H,1-7H3. The maximum atomic E-state index is 11.9. The fraction of sp³-hybridized carbons (Fsp3) is 0.556. The molecule has 1 aromatic rings. The molecule has 0 saturated carbocycles. The summed E-state index contributed by atoms with van der Waals surface area (Å²) in [7, 11) is -0.503. The molecule has 1 aromatic heterocycles. The topological polar surface area (TPSA) is 57.7 Å². The van der Waals surface area contributed by atoms with Crippen molar-refractivity contribution in [1.82, 2.24) is 4.98 Å². The van der Waals surface area contributed by atoms with Crippen molar-refractivity contribution in [2.45, 2.75) is 65.3 Å². The van der Waals surface area contributed by atoms with Crippen LogP contribution >= 0.6 is 0 Å². The van der Waals surface area contributed by atoms with Gasteiger partial charge in [0.2, 0.25) is 0 Å². The van der Waals surface area contributed by atoms with Crippen molar-refractivity contribution < 1.29 is 18.8 Å². The molecule has 1 aliphatic heterocycles. The highest BCUT2D eigenvalue weighted by molar-refractivity contribution is 6.63. The molecule has 6 heteroatoms. The van der Waals surface area contributed by atoms with Crippen molar-refractivity contribution in [3.63, 3.8) is 0 Å². The Morgan fingerprint density at radius 1 is 1.21 bits per heavy atom. The van der Waals surface area contributed by atoms with E-state index in [4.69, 9.17) is 14.0 Å². The van der Waals surface area contributed by atoms with Crippen molar-refractivity contribution in [2.75, 3.05) is 0 Å². The van der Waals surface area contributed by atoms with Crippen LogP contribution in [0.3, 0.4) is 0 Å². The first kappa shape index (κ1) is 18.7. The number of hydrogen-bond acceptors (Lipinski definition) is 5. The Bertz CT molecular complexity index is 631. The van der Waals surface area contributed by atoms with Gasteiger partial charge in [-0.25, -0.2) is 4.79 Å². The zero-order chi connectivity index (χ0) is 18.2. The lowest BCUT2D eigenvalue weighted by Crippen LogP contribution is -2.41. The first-order valence-corrected chi connectivity index (χ1v) is 8.12. The minimum Gasteiger partial charge on any atom is -0.457 e. The van der Waals surface area contributed by atoms with E-state index in [0.717, 1.165) is 11.0 Å². The van der Waals surface area contributed by atoms with Gasteiger partial charge in [-0.05, 0) is 71.6 Å². The number of pyridine rings is 1.